The van der Waals surface area contributed by atoms with Crippen LogP contribution in [0.5, 0.6) is 0 Å². The summed E-state index contributed by atoms with van der Waals surface area (Å²) in [6.45, 7) is -1.93. The minimum Gasteiger partial charge on any atom is -0.394 e. The Bertz CT molecular complexity index is 1180. The van der Waals surface area contributed by atoms with E-state index in [9.17, 15) is 54.0 Å². The van der Waals surface area contributed by atoms with Gasteiger partial charge in [0.2, 0.25) is 0 Å². The summed E-state index contributed by atoms with van der Waals surface area (Å²) in [5.41, 5.74) is -1.71. The summed E-state index contributed by atoms with van der Waals surface area (Å²) in [4.78, 5) is 45.1. The van der Waals surface area contributed by atoms with Gasteiger partial charge < -0.3 is 49.9 Å². The van der Waals surface area contributed by atoms with Gasteiger partial charge in [-0.1, -0.05) is 0 Å². The second kappa shape index (κ2) is 11.8. The highest BCUT2D eigenvalue weighted by atomic mass is 127. The van der Waals surface area contributed by atoms with Crippen LogP contribution < -0.4 is 11.2 Å². The monoisotopic (exact) mass is 692 g/mol. The first-order chi connectivity index (χ1) is 17.1. The van der Waals surface area contributed by atoms with E-state index in [1.807, 2.05) is 4.98 Å². The first-order valence-corrected chi connectivity index (χ1v) is 14.2. The molecule has 2 saturated heterocycles. The fourth-order valence-corrected chi connectivity index (χ4v) is 5.97. The van der Waals surface area contributed by atoms with Crippen molar-refractivity contribution in [1.82, 2.24) is 9.55 Å². The summed E-state index contributed by atoms with van der Waals surface area (Å²) < 4.78 is 48.3. The van der Waals surface area contributed by atoms with Crippen molar-refractivity contribution in [3.8, 4) is 0 Å². The lowest BCUT2D eigenvalue weighted by Gasteiger charge is -2.39. The Balaban J connectivity index is 1.63. The van der Waals surface area contributed by atoms with Crippen molar-refractivity contribution in [1.29, 1.82) is 0 Å². The van der Waals surface area contributed by atoms with Crippen LogP contribution in [0.3, 0.4) is 0 Å². The molecule has 0 bridgehead atoms. The molecule has 0 spiro atoms. The zero-order valence-electron chi connectivity index (χ0n) is 18.2. The summed E-state index contributed by atoms with van der Waals surface area (Å²) in [7, 11) is -11.1. The molecule has 11 atom stereocenters. The second-order valence-corrected chi connectivity index (χ2v) is 12.0. The smallest absolute Gasteiger partial charge is 0.394 e. The van der Waals surface area contributed by atoms with Crippen LogP contribution in [-0.4, -0.2) is 112 Å². The number of hydrogen-bond acceptors (Lipinski definition) is 15. The van der Waals surface area contributed by atoms with E-state index in [0.29, 0.717) is 0 Å². The number of ether oxygens (including phenoxy) is 2. The lowest BCUT2D eigenvalue weighted by Crippen LogP contribution is -2.58. The Hall–Kier alpha value is -0.650. The number of aliphatic hydroxyl groups is 6. The van der Waals surface area contributed by atoms with Crippen LogP contribution in [0.4, 0.5) is 0 Å². The van der Waals surface area contributed by atoms with Crippen molar-refractivity contribution in [3.63, 3.8) is 0 Å². The van der Waals surface area contributed by atoms with Crippen molar-refractivity contribution in [2.24, 2.45) is 0 Å². The zero-order chi connectivity index (χ0) is 27.9. The molecule has 0 saturated carbocycles. The molecule has 22 heteroatoms. The molecule has 3 heterocycles. The van der Waals surface area contributed by atoms with Gasteiger partial charge in [-0.2, -0.15) is 4.31 Å². The lowest BCUT2D eigenvalue weighted by atomic mass is 10.00. The van der Waals surface area contributed by atoms with Crippen LogP contribution in [0.2, 0.25) is 0 Å². The molecule has 212 valence electrons. The molecular formula is C15H23IN2O17P2. The molecule has 1 aromatic rings. The van der Waals surface area contributed by atoms with E-state index in [4.69, 9.17) is 14.6 Å². The normalized spacial score (nSPS) is 37.7. The highest BCUT2D eigenvalue weighted by Crippen LogP contribution is 2.61. The summed E-state index contributed by atoms with van der Waals surface area (Å²) in [6, 6.07) is 0. The van der Waals surface area contributed by atoms with Gasteiger partial charge in [-0.15, -0.1) is 0 Å². The molecule has 0 amide bonds. The summed E-state index contributed by atoms with van der Waals surface area (Å²) in [5, 5.41) is 58.8. The third kappa shape index (κ3) is 7.11. The molecule has 37 heavy (non-hydrogen) atoms. The molecule has 2 unspecified atom stereocenters. The average Bonchev–Trinajstić information content (AvgIpc) is 3.08. The Morgan fingerprint density at radius 3 is 2.19 bits per heavy atom. The van der Waals surface area contributed by atoms with Gasteiger partial charge in [-0.05, 0) is 22.6 Å². The van der Waals surface area contributed by atoms with E-state index in [0.717, 1.165) is 10.8 Å². The number of nitrogens with one attached hydrogen (secondary N) is 1. The highest BCUT2D eigenvalue weighted by Gasteiger charge is 2.49. The average molecular weight is 692 g/mol. The number of aliphatic hydroxyl groups excluding tert-OH is 6. The predicted octanol–water partition coefficient (Wildman–Crippen LogP) is -4.19. The maximum atomic E-state index is 12.2. The van der Waals surface area contributed by atoms with Crippen LogP contribution >= 0.6 is 38.2 Å². The standard InChI is InChI=1S/C15H23IN2O17P2/c16-4-1-18(15(26)17-12(4)25)13-10(23)8(21)6(32-13)3-31-36(27,28)35-37(29,30)34-14-11(24)9(22)7(20)5(2-19)33-14/h1,5-11,13-14,19-24H,2-3H2,(H,27,28)(H,29,30)(H,17,25,26)/t5-,6-,7+,8-,9+,10-,11-,13-,14-/m1/s1. The Kier molecular flexibility index (Phi) is 9.88. The third-order valence-electron chi connectivity index (χ3n) is 5.23. The van der Waals surface area contributed by atoms with Gasteiger partial charge in [-0.25, -0.2) is 13.9 Å². The van der Waals surface area contributed by atoms with Crippen molar-refractivity contribution < 1.29 is 72.4 Å². The SMILES string of the molecule is O=c1[nH]c(=O)n([C@@H]2O[C@H](COP(=O)(O)OP(=O)(O)O[C@H]3O[C@H](CO)[C@H](O)[C@H](O)[C@H]3O)[C@@H](O)[C@H]2O)cc1I. The molecule has 19 nitrogen and oxygen atoms in total. The molecule has 0 aliphatic carbocycles. The van der Waals surface area contributed by atoms with Crippen LogP contribution in [-0.2, 0) is 32.0 Å². The molecule has 9 N–H and O–H groups in total. The van der Waals surface area contributed by atoms with Gasteiger partial charge in [0, 0.05) is 6.20 Å². The van der Waals surface area contributed by atoms with E-state index in [1.54, 1.807) is 22.6 Å². The van der Waals surface area contributed by atoms with Gasteiger partial charge in [-0.3, -0.25) is 23.4 Å². The Morgan fingerprint density at radius 1 is 0.946 bits per heavy atom. The zero-order valence-corrected chi connectivity index (χ0v) is 22.1. The first-order valence-electron chi connectivity index (χ1n) is 10.1. The first kappa shape index (κ1) is 30.9. The van der Waals surface area contributed by atoms with Gasteiger partial charge in [0.15, 0.2) is 12.5 Å². The second-order valence-electron chi connectivity index (χ2n) is 7.81. The van der Waals surface area contributed by atoms with Crippen molar-refractivity contribution in [2.45, 2.75) is 55.2 Å². The molecule has 3 rings (SSSR count). The number of halogens is 1. The maximum absolute atomic E-state index is 12.2. The van der Waals surface area contributed by atoms with Crippen LogP contribution in [0.25, 0.3) is 0 Å². The van der Waals surface area contributed by atoms with E-state index in [2.05, 4.69) is 13.4 Å². The minimum absolute atomic E-state index is 0.0357. The Morgan fingerprint density at radius 2 is 1.57 bits per heavy atom. The highest BCUT2D eigenvalue weighted by molar-refractivity contribution is 14.1. The summed E-state index contributed by atoms with van der Waals surface area (Å²) >= 11 is 1.60. The van der Waals surface area contributed by atoms with Crippen molar-refractivity contribution in [3.05, 3.63) is 30.6 Å². The number of aromatic nitrogens is 2. The number of rotatable bonds is 9. The molecular weight excluding hydrogens is 669 g/mol. The molecule has 0 aromatic carbocycles. The predicted molar refractivity (Wildman–Crippen MR) is 122 cm³/mol. The number of phosphoric ester groups is 2. The van der Waals surface area contributed by atoms with Gasteiger partial charge in [0.05, 0.1) is 16.8 Å². The van der Waals surface area contributed by atoms with Gasteiger partial charge >= 0.3 is 21.3 Å². The van der Waals surface area contributed by atoms with E-state index in [1.165, 1.54) is 0 Å². The molecule has 0 radical (unpaired) electrons. The summed E-state index contributed by atoms with van der Waals surface area (Å²) in [6.07, 6.45) is -15.3. The fraction of sp³-hybridized carbons (Fsp3) is 0.733. The number of hydrogen-bond donors (Lipinski definition) is 9. The third-order valence-corrected chi connectivity index (χ3v) is 8.60. The fourth-order valence-electron chi connectivity index (χ4n) is 3.37. The number of aromatic amines is 1. The van der Waals surface area contributed by atoms with Crippen LogP contribution in [0.15, 0.2) is 15.8 Å². The van der Waals surface area contributed by atoms with Crippen LogP contribution in [0, 0.1) is 3.57 Å². The molecule has 2 aliphatic heterocycles. The largest absolute Gasteiger partial charge is 0.483 e. The van der Waals surface area contributed by atoms with Gasteiger partial charge in [0.1, 0.15) is 42.7 Å². The van der Waals surface area contributed by atoms with E-state index >= 15 is 0 Å². The lowest BCUT2D eigenvalue weighted by molar-refractivity contribution is -0.280. The van der Waals surface area contributed by atoms with E-state index in [-0.39, 0.29) is 3.57 Å². The van der Waals surface area contributed by atoms with E-state index < -0.39 is 95.4 Å². The topological polar surface area (TPSA) is 297 Å². The minimum atomic E-state index is -5.60. The maximum Gasteiger partial charge on any atom is 0.483 e. The number of phosphoric acid groups is 2. The van der Waals surface area contributed by atoms with Gasteiger partial charge in [0.25, 0.3) is 5.56 Å². The molecule has 2 aliphatic rings. The Labute approximate surface area is 219 Å². The van der Waals surface area contributed by atoms with Crippen molar-refractivity contribution in [2.75, 3.05) is 13.2 Å². The molecule has 1 aromatic heterocycles. The van der Waals surface area contributed by atoms with Crippen LogP contribution in [0.1, 0.15) is 6.23 Å². The van der Waals surface area contributed by atoms with Crippen molar-refractivity contribution >= 4 is 38.2 Å². The quantitative estimate of drug-likeness (QED) is 0.0876. The number of H-pyrrole nitrogens is 1. The number of nitrogens with zero attached hydrogens (tertiary/aromatic N) is 1. The molecule has 2 fully saturated rings. The summed E-state index contributed by atoms with van der Waals surface area (Å²) in [5.74, 6) is 0.